The molecular formula is C13H20N2O2. The van der Waals surface area contributed by atoms with Gasteiger partial charge in [-0.2, -0.15) is 0 Å². The lowest BCUT2D eigenvalue weighted by atomic mass is 10.2. The van der Waals surface area contributed by atoms with Crippen LogP contribution >= 0.6 is 0 Å². The fourth-order valence-electron chi connectivity index (χ4n) is 1.30. The highest BCUT2D eigenvalue weighted by Gasteiger charge is 2.08. The first kappa shape index (κ1) is 13.4. The van der Waals surface area contributed by atoms with Crippen molar-refractivity contribution in [2.45, 2.75) is 39.3 Å². The van der Waals surface area contributed by atoms with Crippen LogP contribution in [0, 0.1) is 0 Å². The Kier molecular flexibility index (Phi) is 4.82. The zero-order valence-electron chi connectivity index (χ0n) is 10.6. The van der Waals surface area contributed by atoms with Crippen LogP contribution in [-0.4, -0.2) is 18.1 Å². The maximum Gasteiger partial charge on any atom is 0.239 e. The van der Waals surface area contributed by atoms with Crippen molar-refractivity contribution in [2.24, 2.45) is 5.73 Å². The molecule has 0 fully saturated rings. The van der Waals surface area contributed by atoms with Gasteiger partial charge in [0.15, 0.2) is 0 Å². The molecule has 2 atom stereocenters. The molecule has 0 spiro atoms. The summed E-state index contributed by atoms with van der Waals surface area (Å²) in [4.78, 5) is 10.9. The number of benzene rings is 1. The Hall–Kier alpha value is -1.71. The Bertz CT molecular complexity index is 379. The van der Waals surface area contributed by atoms with Gasteiger partial charge in [-0.25, -0.2) is 0 Å². The van der Waals surface area contributed by atoms with Gasteiger partial charge in [-0.05, 0) is 32.4 Å². The molecule has 0 heterocycles. The predicted molar refractivity (Wildman–Crippen MR) is 69.1 cm³/mol. The van der Waals surface area contributed by atoms with E-state index in [9.17, 15) is 4.79 Å². The minimum atomic E-state index is -0.395. The van der Waals surface area contributed by atoms with Crippen molar-refractivity contribution >= 4 is 11.6 Å². The van der Waals surface area contributed by atoms with Gasteiger partial charge in [0.25, 0.3) is 0 Å². The van der Waals surface area contributed by atoms with Gasteiger partial charge in [0.05, 0.1) is 6.10 Å². The third-order valence-electron chi connectivity index (χ3n) is 2.56. The first-order chi connectivity index (χ1) is 8.02. The van der Waals surface area contributed by atoms with Crippen LogP contribution < -0.4 is 15.8 Å². The van der Waals surface area contributed by atoms with E-state index in [-0.39, 0.29) is 12.0 Å². The van der Waals surface area contributed by atoms with Crippen molar-refractivity contribution in [3.8, 4) is 5.75 Å². The van der Waals surface area contributed by atoms with Crippen LogP contribution in [0.4, 0.5) is 5.69 Å². The predicted octanol–water partition coefficient (Wildman–Crippen LogP) is 2.15. The summed E-state index contributed by atoms with van der Waals surface area (Å²) in [5, 5.41) is 3.02. The minimum absolute atomic E-state index is 0.179. The summed E-state index contributed by atoms with van der Waals surface area (Å²) in [6.07, 6.45) is 1.13. The Balaban J connectivity index is 2.68. The highest BCUT2D eigenvalue weighted by Crippen LogP contribution is 2.19. The first-order valence-electron chi connectivity index (χ1n) is 5.85. The lowest BCUT2D eigenvalue weighted by Gasteiger charge is -2.15. The number of hydrogen-bond donors (Lipinski definition) is 2. The molecule has 1 amide bonds. The van der Waals surface area contributed by atoms with Crippen LogP contribution in [0.25, 0.3) is 0 Å². The van der Waals surface area contributed by atoms with Gasteiger partial charge in [0.2, 0.25) is 5.91 Å². The number of nitrogens with two attached hydrogens (primary N) is 1. The molecule has 0 bridgehead atoms. The van der Waals surface area contributed by atoms with Crippen molar-refractivity contribution in [3.05, 3.63) is 24.3 Å². The number of anilines is 1. The van der Waals surface area contributed by atoms with Crippen molar-refractivity contribution in [1.82, 2.24) is 0 Å². The molecule has 0 aliphatic rings. The lowest BCUT2D eigenvalue weighted by Crippen LogP contribution is -2.32. The zero-order chi connectivity index (χ0) is 12.8. The fraction of sp³-hybridized carbons (Fsp3) is 0.462. The second kappa shape index (κ2) is 6.13. The molecule has 0 aliphatic carbocycles. The minimum Gasteiger partial charge on any atom is -0.491 e. The number of nitrogens with one attached hydrogen (secondary N) is 1. The van der Waals surface area contributed by atoms with Crippen LogP contribution in [0.3, 0.4) is 0 Å². The molecule has 4 heteroatoms. The molecule has 3 N–H and O–H groups in total. The van der Waals surface area contributed by atoms with Gasteiger partial charge >= 0.3 is 0 Å². The van der Waals surface area contributed by atoms with E-state index in [4.69, 9.17) is 10.5 Å². The SMILES string of the molecule is CCC(C)Oc1cccc(NC(C)C(N)=O)c1. The summed E-state index contributed by atoms with van der Waals surface area (Å²) < 4.78 is 5.69. The summed E-state index contributed by atoms with van der Waals surface area (Å²) in [6, 6.07) is 7.13. The van der Waals surface area contributed by atoms with Crippen LogP contribution in [0.5, 0.6) is 5.75 Å². The van der Waals surface area contributed by atoms with E-state index < -0.39 is 6.04 Å². The molecule has 0 aromatic heterocycles. The average molecular weight is 236 g/mol. The Morgan fingerprint density at radius 3 is 2.76 bits per heavy atom. The summed E-state index contributed by atoms with van der Waals surface area (Å²) in [7, 11) is 0. The number of amides is 1. The highest BCUT2D eigenvalue weighted by molar-refractivity contribution is 5.82. The largest absolute Gasteiger partial charge is 0.491 e. The summed E-state index contributed by atoms with van der Waals surface area (Å²) >= 11 is 0. The van der Waals surface area contributed by atoms with Crippen LogP contribution in [0.1, 0.15) is 27.2 Å². The Morgan fingerprint density at radius 1 is 1.47 bits per heavy atom. The molecule has 2 unspecified atom stereocenters. The highest BCUT2D eigenvalue weighted by atomic mass is 16.5. The fourth-order valence-corrected chi connectivity index (χ4v) is 1.30. The van der Waals surface area contributed by atoms with E-state index in [2.05, 4.69) is 12.2 Å². The molecule has 0 aliphatic heterocycles. The molecule has 94 valence electrons. The topological polar surface area (TPSA) is 64.3 Å². The van der Waals surface area contributed by atoms with E-state index in [0.29, 0.717) is 0 Å². The molecule has 0 radical (unpaired) electrons. The van der Waals surface area contributed by atoms with Gasteiger partial charge in [-0.15, -0.1) is 0 Å². The van der Waals surface area contributed by atoms with Gasteiger partial charge in [-0.3, -0.25) is 4.79 Å². The second-order valence-corrected chi connectivity index (χ2v) is 4.13. The van der Waals surface area contributed by atoms with E-state index in [1.54, 1.807) is 6.92 Å². The van der Waals surface area contributed by atoms with Gasteiger partial charge < -0.3 is 15.8 Å². The van der Waals surface area contributed by atoms with Crippen molar-refractivity contribution in [2.75, 3.05) is 5.32 Å². The maximum absolute atomic E-state index is 10.9. The quantitative estimate of drug-likeness (QED) is 0.795. The number of primary amides is 1. The Morgan fingerprint density at radius 2 is 2.18 bits per heavy atom. The lowest BCUT2D eigenvalue weighted by molar-refractivity contribution is -0.118. The molecule has 0 saturated heterocycles. The third kappa shape index (κ3) is 4.34. The second-order valence-electron chi connectivity index (χ2n) is 4.13. The molecule has 17 heavy (non-hydrogen) atoms. The average Bonchev–Trinajstić information content (AvgIpc) is 2.29. The monoisotopic (exact) mass is 236 g/mol. The number of hydrogen-bond acceptors (Lipinski definition) is 3. The molecular weight excluding hydrogens is 216 g/mol. The van der Waals surface area contributed by atoms with E-state index in [1.165, 1.54) is 0 Å². The number of ether oxygens (including phenoxy) is 1. The summed E-state index contributed by atoms with van der Waals surface area (Å²) in [5.74, 6) is 0.416. The molecule has 0 saturated carbocycles. The van der Waals surface area contributed by atoms with Gasteiger partial charge in [-0.1, -0.05) is 13.0 Å². The van der Waals surface area contributed by atoms with Gasteiger partial charge in [0.1, 0.15) is 11.8 Å². The van der Waals surface area contributed by atoms with Crippen LogP contribution in [0.15, 0.2) is 24.3 Å². The van der Waals surface area contributed by atoms with E-state index in [1.807, 2.05) is 31.2 Å². The third-order valence-corrected chi connectivity index (χ3v) is 2.56. The normalized spacial score (nSPS) is 13.8. The summed E-state index contributed by atoms with van der Waals surface area (Å²) in [5.41, 5.74) is 6.02. The van der Waals surface area contributed by atoms with E-state index in [0.717, 1.165) is 17.9 Å². The van der Waals surface area contributed by atoms with Crippen LogP contribution in [-0.2, 0) is 4.79 Å². The van der Waals surface area contributed by atoms with Gasteiger partial charge in [0, 0.05) is 11.8 Å². The van der Waals surface area contributed by atoms with Crippen LogP contribution in [0.2, 0.25) is 0 Å². The van der Waals surface area contributed by atoms with Crippen molar-refractivity contribution in [1.29, 1.82) is 0 Å². The van der Waals surface area contributed by atoms with E-state index >= 15 is 0 Å². The smallest absolute Gasteiger partial charge is 0.239 e. The molecule has 1 aromatic rings. The van der Waals surface area contributed by atoms with Crippen molar-refractivity contribution < 1.29 is 9.53 Å². The number of carbonyl (C=O) groups excluding carboxylic acids is 1. The standard InChI is InChI=1S/C13H20N2O2/c1-4-9(2)17-12-7-5-6-11(8-12)15-10(3)13(14)16/h5-10,15H,4H2,1-3H3,(H2,14,16). The summed E-state index contributed by atoms with van der Waals surface area (Å²) in [6.45, 7) is 5.82. The number of carbonyl (C=O) groups is 1. The molecule has 1 rings (SSSR count). The van der Waals surface area contributed by atoms with Crippen molar-refractivity contribution in [3.63, 3.8) is 0 Å². The first-order valence-corrected chi connectivity index (χ1v) is 5.85. The molecule has 4 nitrogen and oxygen atoms in total. The molecule has 1 aromatic carbocycles. The maximum atomic E-state index is 10.9. The zero-order valence-corrected chi connectivity index (χ0v) is 10.6. The number of rotatable bonds is 6. The Labute approximate surface area is 102 Å².